The molecule has 31 heavy (non-hydrogen) atoms. The first-order valence-electron chi connectivity index (χ1n) is 10.2. The average Bonchev–Trinajstić information content (AvgIpc) is 3.42. The van der Waals surface area contributed by atoms with Gasteiger partial charge in [0, 0.05) is 38.6 Å². The first-order valence-corrected chi connectivity index (χ1v) is 10.2. The topological polar surface area (TPSA) is 118 Å². The molecular formula is C22H25N7O2. The number of rotatable bonds is 6. The van der Waals surface area contributed by atoms with Crippen molar-refractivity contribution in [2.45, 2.75) is 18.9 Å². The molecule has 1 atom stereocenters. The number of amides is 2. The highest BCUT2D eigenvalue weighted by molar-refractivity contribution is 6.04. The first kappa shape index (κ1) is 20.4. The summed E-state index contributed by atoms with van der Waals surface area (Å²) in [6.45, 7) is 1.48. The fourth-order valence-electron chi connectivity index (χ4n) is 3.72. The number of hydrogen-bond donors (Lipinski definition) is 3. The van der Waals surface area contributed by atoms with E-state index in [1.165, 1.54) is 12.3 Å². The fourth-order valence-corrected chi connectivity index (χ4v) is 3.72. The summed E-state index contributed by atoms with van der Waals surface area (Å²) in [7, 11) is 1.89. The van der Waals surface area contributed by atoms with Crippen LogP contribution in [0.2, 0.25) is 0 Å². The van der Waals surface area contributed by atoms with E-state index in [0.717, 1.165) is 25.1 Å². The molecule has 1 aliphatic heterocycles. The van der Waals surface area contributed by atoms with Crippen molar-refractivity contribution in [3.8, 4) is 0 Å². The molecule has 1 fully saturated rings. The maximum absolute atomic E-state index is 12.6. The van der Waals surface area contributed by atoms with Crippen LogP contribution in [-0.4, -0.2) is 45.7 Å². The largest absolute Gasteiger partial charge is 0.397 e. The third kappa shape index (κ3) is 4.66. The van der Waals surface area contributed by atoms with Crippen LogP contribution in [0.3, 0.4) is 0 Å². The molecule has 3 aromatic rings. The zero-order chi connectivity index (χ0) is 21.8. The quantitative estimate of drug-likeness (QED) is 0.526. The van der Waals surface area contributed by atoms with Crippen molar-refractivity contribution in [2.75, 3.05) is 29.0 Å². The van der Waals surface area contributed by atoms with Gasteiger partial charge in [0.15, 0.2) is 0 Å². The van der Waals surface area contributed by atoms with Crippen LogP contribution in [-0.2, 0) is 7.05 Å². The van der Waals surface area contributed by atoms with Crippen LogP contribution < -0.4 is 21.3 Å². The molecule has 4 N–H and O–H groups in total. The van der Waals surface area contributed by atoms with E-state index < -0.39 is 0 Å². The molecule has 0 radical (unpaired) electrons. The van der Waals surface area contributed by atoms with Gasteiger partial charge < -0.3 is 21.3 Å². The molecule has 0 saturated carbocycles. The van der Waals surface area contributed by atoms with Crippen LogP contribution in [0.5, 0.6) is 0 Å². The average molecular weight is 419 g/mol. The summed E-state index contributed by atoms with van der Waals surface area (Å²) in [5, 5.41) is 9.93. The predicted octanol–water partition coefficient (Wildman–Crippen LogP) is 2.05. The van der Waals surface area contributed by atoms with Crippen LogP contribution in [0.15, 0.2) is 55.0 Å². The molecule has 0 spiro atoms. The predicted molar refractivity (Wildman–Crippen MR) is 119 cm³/mol. The number of aromatic nitrogens is 3. The van der Waals surface area contributed by atoms with Crippen LogP contribution >= 0.6 is 0 Å². The Labute approximate surface area is 180 Å². The number of nitrogens with one attached hydrogen (secondary N) is 2. The summed E-state index contributed by atoms with van der Waals surface area (Å²) in [4.78, 5) is 31.3. The minimum Gasteiger partial charge on any atom is -0.397 e. The molecule has 2 amide bonds. The lowest BCUT2D eigenvalue weighted by atomic mass is 10.2. The monoisotopic (exact) mass is 419 g/mol. The van der Waals surface area contributed by atoms with Crippen LogP contribution in [0.1, 0.15) is 33.7 Å². The maximum atomic E-state index is 12.6. The standard InChI is InChI=1S/C22H25N7O2/c1-28-14-17(13-26-28)29-10-4-5-16(29)12-25-21(30)15-8-9-20(24-11-15)22(31)27-19-7-3-2-6-18(19)23/h2-3,6-9,11,13-14,16H,4-5,10,12,23H2,1H3,(H,25,30)(H,27,31)/t16-/m0/s1. The van der Waals surface area contributed by atoms with Gasteiger partial charge in [0.25, 0.3) is 11.8 Å². The number of nitrogens with two attached hydrogens (primary N) is 1. The van der Waals surface area contributed by atoms with E-state index in [1.807, 2.05) is 19.4 Å². The molecule has 0 bridgehead atoms. The van der Waals surface area contributed by atoms with E-state index >= 15 is 0 Å². The van der Waals surface area contributed by atoms with Crippen molar-refractivity contribution < 1.29 is 9.59 Å². The number of pyridine rings is 1. The highest BCUT2D eigenvalue weighted by atomic mass is 16.2. The molecular weight excluding hydrogens is 394 g/mol. The number of hydrogen-bond acceptors (Lipinski definition) is 6. The zero-order valence-electron chi connectivity index (χ0n) is 17.3. The Morgan fingerprint density at radius 1 is 1.16 bits per heavy atom. The number of aryl methyl sites for hydroxylation is 1. The Balaban J connectivity index is 1.34. The van der Waals surface area contributed by atoms with Gasteiger partial charge in [0.1, 0.15) is 5.69 Å². The van der Waals surface area contributed by atoms with Crippen molar-refractivity contribution in [1.29, 1.82) is 0 Å². The van der Waals surface area contributed by atoms with Gasteiger partial charge in [0.2, 0.25) is 0 Å². The molecule has 160 valence electrons. The number of carbonyl (C=O) groups excluding carboxylic acids is 2. The number of carbonyl (C=O) groups is 2. The second-order valence-electron chi connectivity index (χ2n) is 7.55. The molecule has 9 nitrogen and oxygen atoms in total. The number of nitrogens with zero attached hydrogens (tertiary/aromatic N) is 4. The zero-order valence-corrected chi connectivity index (χ0v) is 17.3. The Bertz CT molecular complexity index is 1080. The normalized spacial score (nSPS) is 15.6. The van der Waals surface area contributed by atoms with Gasteiger partial charge in [-0.05, 0) is 37.1 Å². The summed E-state index contributed by atoms with van der Waals surface area (Å²) < 4.78 is 1.78. The van der Waals surface area contributed by atoms with Crippen LogP contribution in [0.4, 0.5) is 17.1 Å². The van der Waals surface area contributed by atoms with E-state index in [9.17, 15) is 9.59 Å². The van der Waals surface area contributed by atoms with Crippen molar-refractivity contribution in [1.82, 2.24) is 20.1 Å². The van der Waals surface area contributed by atoms with Gasteiger partial charge >= 0.3 is 0 Å². The molecule has 3 heterocycles. The van der Waals surface area contributed by atoms with Crippen molar-refractivity contribution in [3.05, 3.63) is 66.2 Å². The summed E-state index contributed by atoms with van der Waals surface area (Å²) in [5.41, 5.74) is 8.51. The van der Waals surface area contributed by atoms with Gasteiger partial charge in [-0.3, -0.25) is 19.3 Å². The Morgan fingerprint density at radius 2 is 2.00 bits per heavy atom. The summed E-state index contributed by atoms with van der Waals surface area (Å²) >= 11 is 0. The van der Waals surface area contributed by atoms with Crippen LogP contribution in [0.25, 0.3) is 0 Å². The Morgan fingerprint density at radius 3 is 2.71 bits per heavy atom. The lowest BCUT2D eigenvalue weighted by molar-refractivity contribution is 0.0948. The lowest BCUT2D eigenvalue weighted by Gasteiger charge is -2.25. The molecule has 1 aromatic carbocycles. The second kappa shape index (κ2) is 8.86. The van der Waals surface area contributed by atoms with Gasteiger partial charge in [-0.2, -0.15) is 5.10 Å². The minimum absolute atomic E-state index is 0.207. The Hall–Kier alpha value is -3.88. The van der Waals surface area contributed by atoms with Gasteiger partial charge in [-0.15, -0.1) is 0 Å². The van der Waals surface area contributed by atoms with E-state index in [-0.39, 0.29) is 23.6 Å². The van der Waals surface area contributed by atoms with Gasteiger partial charge in [0.05, 0.1) is 28.8 Å². The number of nitrogen functional groups attached to an aromatic ring is 1. The smallest absolute Gasteiger partial charge is 0.274 e. The fraction of sp³-hybridized carbons (Fsp3) is 0.273. The molecule has 9 heteroatoms. The Kier molecular flexibility index (Phi) is 5.83. The first-order chi connectivity index (χ1) is 15.0. The van der Waals surface area contributed by atoms with Crippen molar-refractivity contribution in [2.24, 2.45) is 7.05 Å². The molecule has 1 aliphatic rings. The molecule has 0 unspecified atom stereocenters. The molecule has 4 rings (SSSR count). The summed E-state index contributed by atoms with van der Waals surface area (Å²) in [6, 6.07) is 10.3. The summed E-state index contributed by atoms with van der Waals surface area (Å²) in [5.74, 6) is -0.604. The van der Waals surface area contributed by atoms with Gasteiger partial charge in [-0.1, -0.05) is 12.1 Å². The van der Waals surface area contributed by atoms with E-state index in [2.05, 4.69) is 25.6 Å². The number of benzene rings is 1. The second-order valence-corrected chi connectivity index (χ2v) is 7.55. The van der Waals surface area contributed by atoms with Gasteiger partial charge in [-0.25, -0.2) is 0 Å². The highest BCUT2D eigenvalue weighted by Gasteiger charge is 2.26. The number of para-hydroxylation sites is 2. The summed E-state index contributed by atoms with van der Waals surface area (Å²) in [6.07, 6.45) is 7.32. The van der Waals surface area contributed by atoms with E-state index in [0.29, 0.717) is 23.5 Å². The SMILES string of the molecule is Cn1cc(N2CCC[C@H]2CNC(=O)c2ccc(C(=O)Nc3ccccc3N)nc2)cn1. The van der Waals surface area contributed by atoms with Crippen LogP contribution in [0, 0.1) is 0 Å². The lowest BCUT2D eigenvalue weighted by Crippen LogP contribution is -2.40. The van der Waals surface area contributed by atoms with E-state index in [4.69, 9.17) is 5.73 Å². The van der Waals surface area contributed by atoms with Crippen molar-refractivity contribution >= 4 is 28.9 Å². The number of anilines is 3. The minimum atomic E-state index is -0.386. The van der Waals surface area contributed by atoms with E-state index in [1.54, 1.807) is 35.0 Å². The molecule has 1 saturated heterocycles. The molecule has 0 aliphatic carbocycles. The third-order valence-corrected chi connectivity index (χ3v) is 5.37. The molecule has 2 aromatic heterocycles. The third-order valence-electron chi connectivity index (χ3n) is 5.37. The van der Waals surface area contributed by atoms with Crippen molar-refractivity contribution in [3.63, 3.8) is 0 Å². The highest BCUT2D eigenvalue weighted by Crippen LogP contribution is 2.24. The maximum Gasteiger partial charge on any atom is 0.274 e.